The second-order valence-electron chi connectivity index (χ2n) is 3.98. The van der Waals surface area contributed by atoms with E-state index in [-0.39, 0.29) is 11.4 Å². The van der Waals surface area contributed by atoms with Crippen molar-refractivity contribution in [2.24, 2.45) is 0 Å². The standard InChI is InChI=1S/C11H12BrClFN/c12-10-8(2-1-3-9(10)14)6-15-11(7-13)4-5-11/h1-3,15H,4-7H2. The molecule has 1 aromatic carbocycles. The second kappa shape index (κ2) is 4.40. The zero-order valence-electron chi connectivity index (χ0n) is 8.19. The number of halogens is 3. The molecule has 0 atom stereocenters. The van der Waals surface area contributed by atoms with Crippen molar-refractivity contribution in [3.8, 4) is 0 Å². The van der Waals surface area contributed by atoms with Gasteiger partial charge in [0.25, 0.3) is 0 Å². The molecular formula is C11H12BrClFN. The molecule has 4 heteroatoms. The predicted octanol–water partition coefficient (Wildman–Crippen LogP) is 3.45. The summed E-state index contributed by atoms with van der Waals surface area (Å²) in [5, 5.41) is 3.38. The van der Waals surface area contributed by atoms with E-state index in [4.69, 9.17) is 11.6 Å². The summed E-state index contributed by atoms with van der Waals surface area (Å²) in [6.07, 6.45) is 2.23. The minimum Gasteiger partial charge on any atom is -0.306 e. The van der Waals surface area contributed by atoms with E-state index in [1.54, 1.807) is 6.07 Å². The molecular weight excluding hydrogens is 280 g/mol. The van der Waals surface area contributed by atoms with Gasteiger partial charge in [-0.15, -0.1) is 11.6 Å². The maximum Gasteiger partial charge on any atom is 0.137 e. The maximum atomic E-state index is 13.2. The van der Waals surface area contributed by atoms with Crippen LogP contribution in [-0.2, 0) is 6.54 Å². The maximum absolute atomic E-state index is 13.2. The van der Waals surface area contributed by atoms with Gasteiger partial charge < -0.3 is 5.32 Å². The molecule has 0 unspecified atom stereocenters. The van der Waals surface area contributed by atoms with Crippen molar-refractivity contribution in [3.63, 3.8) is 0 Å². The predicted molar refractivity (Wildman–Crippen MR) is 63.6 cm³/mol. The van der Waals surface area contributed by atoms with Crippen LogP contribution in [0.3, 0.4) is 0 Å². The highest BCUT2D eigenvalue weighted by Gasteiger charge is 2.41. The Kier molecular flexibility index (Phi) is 3.33. The summed E-state index contributed by atoms with van der Waals surface area (Å²) in [5.74, 6) is 0.407. The Balaban J connectivity index is 2.02. The molecule has 0 aliphatic heterocycles. The van der Waals surface area contributed by atoms with Crippen LogP contribution >= 0.6 is 27.5 Å². The summed E-state index contributed by atoms with van der Waals surface area (Å²) in [6, 6.07) is 5.07. The summed E-state index contributed by atoms with van der Waals surface area (Å²) in [4.78, 5) is 0. The third kappa shape index (κ3) is 2.52. The molecule has 0 heterocycles. The normalized spacial score (nSPS) is 17.8. The van der Waals surface area contributed by atoms with Crippen LogP contribution < -0.4 is 5.32 Å². The van der Waals surface area contributed by atoms with E-state index in [1.165, 1.54) is 6.07 Å². The summed E-state index contributed by atoms with van der Waals surface area (Å²) < 4.78 is 13.7. The molecule has 1 aliphatic carbocycles. The number of alkyl halides is 1. The first-order valence-electron chi connectivity index (χ1n) is 4.91. The van der Waals surface area contributed by atoms with Crippen LogP contribution in [0.2, 0.25) is 0 Å². The Hall–Kier alpha value is -0.120. The Labute approximate surface area is 102 Å². The quantitative estimate of drug-likeness (QED) is 0.838. The van der Waals surface area contributed by atoms with Crippen LogP contribution in [-0.4, -0.2) is 11.4 Å². The number of hydrogen-bond acceptors (Lipinski definition) is 1. The fraction of sp³-hybridized carbons (Fsp3) is 0.455. The fourth-order valence-corrected chi connectivity index (χ4v) is 2.24. The number of benzene rings is 1. The molecule has 2 rings (SSSR count). The van der Waals surface area contributed by atoms with Gasteiger partial charge in [0.05, 0.1) is 4.47 Å². The molecule has 15 heavy (non-hydrogen) atoms. The molecule has 0 aromatic heterocycles. The lowest BCUT2D eigenvalue weighted by Gasteiger charge is -2.14. The highest BCUT2D eigenvalue weighted by molar-refractivity contribution is 9.10. The third-order valence-electron chi connectivity index (χ3n) is 2.79. The van der Waals surface area contributed by atoms with Crippen molar-refractivity contribution >= 4 is 27.5 Å². The van der Waals surface area contributed by atoms with E-state index >= 15 is 0 Å². The zero-order chi connectivity index (χ0) is 10.9. The average molecular weight is 293 g/mol. The Bertz CT molecular complexity index is 366. The van der Waals surface area contributed by atoms with Crippen LogP contribution in [0.25, 0.3) is 0 Å². The molecule has 1 aromatic rings. The van der Waals surface area contributed by atoms with E-state index in [0.29, 0.717) is 16.9 Å². The van der Waals surface area contributed by atoms with Gasteiger partial charge in [-0.1, -0.05) is 12.1 Å². The number of hydrogen-bond donors (Lipinski definition) is 1. The van der Waals surface area contributed by atoms with Crippen molar-refractivity contribution in [1.29, 1.82) is 0 Å². The smallest absolute Gasteiger partial charge is 0.137 e. The topological polar surface area (TPSA) is 12.0 Å². The first kappa shape index (κ1) is 11.4. The van der Waals surface area contributed by atoms with Crippen LogP contribution in [0.5, 0.6) is 0 Å². The Morgan fingerprint density at radius 3 is 2.80 bits per heavy atom. The number of nitrogens with one attached hydrogen (secondary N) is 1. The molecule has 1 aliphatic rings. The molecule has 0 saturated heterocycles. The van der Waals surface area contributed by atoms with E-state index in [9.17, 15) is 4.39 Å². The van der Waals surface area contributed by atoms with Gasteiger partial charge in [-0.05, 0) is 40.4 Å². The molecule has 0 spiro atoms. The van der Waals surface area contributed by atoms with Crippen molar-refractivity contribution in [1.82, 2.24) is 5.32 Å². The summed E-state index contributed by atoms with van der Waals surface area (Å²) in [6.45, 7) is 0.658. The first-order valence-corrected chi connectivity index (χ1v) is 6.23. The zero-order valence-corrected chi connectivity index (χ0v) is 10.5. The van der Waals surface area contributed by atoms with Crippen LogP contribution in [0.15, 0.2) is 22.7 Å². The molecule has 0 bridgehead atoms. The lowest BCUT2D eigenvalue weighted by atomic mass is 10.2. The van der Waals surface area contributed by atoms with Gasteiger partial charge in [0.15, 0.2) is 0 Å². The first-order chi connectivity index (χ1) is 7.17. The van der Waals surface area contributed by atoms with Crippen LogP contribution in [0.1, 0.15) is 18.4 Å². The van der Waals surface area contributed by atoms with E-state index in [2.05, 4.69) is 21.2 Å². The van der Waals surface area contributed by atoms with Crippen LogP contribution in [0.4, 0.5) is 4.39 Å². The average Bonchev–Trinajstić information content (AvgIpc) is 3.01. The van der Waals surface area contributed by atoms with Crippen LogP contribution in [0, 0.1) is 5.82 Å². The summed E-state index contributed by atoms with van der Waals surface area (Å²) in [5.41, 5.74) is 1.04. The van der Waals surface area contributed by atoms with Gasteiger partial charge in [0.1, 0.15) is 5.82 Å². The van der Waals surface area contributed by atoms with Crippen molar-refractivity contribution in [2.45, 2.75) is 24.9 Å². The summed E-state index contributed by atoms with van der Waals surface area (Å²) in [7, 11) is 0. The lowest BCUT2D eigenvalue weighted by molar-refractivity contribution is 0.538. The molecule has 1 nitrogen and oxygen atoms in total. The minimum absolute atomic E-state index is 0.104. The van der Waals surface area contributed by atoms with E-state index in [0.717, 1.165) is 18.4 Å². The van der Waals surface area contributed by atoms with E-state index < -0.39 is 0 Å². The Morgan fingerprint density at radius 1 is 1.47 bits per heavy atom. The van der Waals surface area contributed by atoms with Gasteiger partial charge in [-0.25, -0.2) is 4.39 Å². The highest BCUT2D eigenvalue weighted by Crippen LogP contribution is 2.37. The largest absolute Gasteiger partial charge is 0.306 e. The Morgan fingerprint density at radius 2 is 2.20 bits per heavy atom. The second-order valence-corrected chi connectivity index (χ2v) is 5.04. The van der Waals surface area contributed by atoms with Gasteiger partial charge in [0, 0.05) is 18.0 Å². The molecule has 0 radical (unpaired) electrons. The lowest BCUT2D eigenvalue weighted by Crippen LogP contribution is -2.32. The highest BCUT2D eigenvalue weighted by atomic mass is 79.9. The SMILES string of the molecule is Fc1cccc(CNC2(CCl)CC2)c1Br. The molecule has 82 valence electrons. The molecule has 1 saturated carbocycles. The van der Waals surface area contributed by atoms with Gasteiger partial charge in [-0.2, -0.15) is 0 Å². The van der Waals surface area contributed by atoms with Gasteiger partial charge in [-0.3, -0.25) is 0 Å². The molecule has 1 fully saturated rings. The van der Waals surface area contributed by atoms with Crippen molar-refractivity contribution in [3.05, 3.63) is 34.1 Å². The third-order valence-corrected chi connectivity index (χ3v) is 4.19. The van der Waals surface area contributed by atoms with Crippen molar-refractivity contribution in [2.75, 3.05) is 5.88 Å². The van der Waals surface area contributed by atoms with Gasteiger partial charge in [0.2, 0.25) is 0 Å². The van der Waals surface area contributed by atoms with Crippen molar-refractivity contribution < 1.29 is 4.39 Å². The summed E-state index contributed by atoms with van der Waals surface area (Å²) >= 11 is 9.09. The molecule has 0 amide bonds. The minimum atomic E-state index is -0.218. The number of rotatable bonds is 4. The van der Waals surface area contributed by atoms with Gasteiger partial charge >= 0.3 is 0 Å². The fourth-order valence-electron chi connectivity index (χ4n) is 1.48. The monoisotopic (exact) mass is 291 g/mol. The van der Waals surface area contributed by atoms with E-state index in [1.807, 2.05) is 6.07 Å². The molecule has 1 N–H and O–H groups in total.